The van der Waals surface area contributed by atoms with Crippen LogP contribution in [-0.2, 0) is 13.0 Å². The van der Waals surface area contributed by atoms with Crippen LogP contribution in [-0.4, -0.2) is 46.9 Å². The van der Waals surface area contributed by atoms with Crippen molar-refractivity contribution < 1.29 is 4.79 Å². The molecule has 0 bridgehead atoms. The Morgan fingerprint density at radius 2 is 1.88 bits per heavy atom. The molecule has 1 amide bonds. The van der Waals surface area contributed by atoms with Crippen molar-refractivity contribution in [2.24, 2.45) is 5.73 Å². The number of nitrogens with one attached hydrogen (secondary N) is 1. The van der Waals surface area contributed by atoms with E-state index >= 15 is 0 Å². The normalized spacial score (nSPS) is 14.2. The molecular formula is C17H24Cl2N4OS2. The van der Waals surface area contributed by atoms with Crippen LogP contribution < -0.4 is 11.1 Å². The number of hydrogen-bond donors (Lipinski definition) is 2. The Bertz CT molecular complexity index is 676. The quantitative estimate of drug-likeness (QED) is 0.729. The maximum absolute atomic E-state index is 12.1. The first-order valence-electron chi connectivity index (χ1n) is 8.09. The van der Waals surface area contributed by atoms with Crippen molar-refractivity contribution >= 4 is 59.5 Å². The molecule has 0 spiro atoms. The van der Waals surface area contributed by atoms with Crippen molar-refractivity contribution in [2.75, 3.05) is 36.5 Å². The van der Waals surface area contributed by atoms with Crippen LogP contribution >= 0.6 is 47.9 Å². The largest absolute Gasteiger partial charge is 0.325 e. The number of carbonyl (C=O) groups is 1. The average Bonchev–Trinajstić information content (AvgIpc) is 3.11. The van der Waals surface area contributed by atoms with Gasteiger partial charge in [-0.05, 0) is 24.1 Å². The van der Waals surface area contributed by atoms with Crippen LogP contribution in [0.5, 0.6) is 0 Å². The Morgan fingerprint density at radius 3 is 2.50 bits per heavy atom. The van der Waals surface area contributed by atoms with Crippen molar-refractivity contribution in [1.29, 1.82) is 0 Å². The Labute approximate surface area is 175 Å². The molecule has 1 aliphatic rings. The summed E-state index contributed by atoms with van der Waals surface area (Å²) in [4.78, 5) is 18.9. The van der Waals surface area contributed by atoms with Crippen LogP contribution in [0, 0.1) is 0 Å². The lowest BCUT2D eigenvalue weighted by atomic mass is 10.1. The van der Waals surface area contributed by atoms with Gasteiger partial charge in [0.15, 0.2) is 0 Å². The Balaban J connectivity index is 0.00000169. The fourth-order valence-corrected chi connectivity index (χ4v) is 4.20. The van der Waals surface area contributed by atoms with Gasteiger partial charge in [0.1, 0.15) is 10.7 Å². The first-order valence-corrected chi connectivity index (χ1v) is 10.1. The average molecular weight is 435 g/mol. The van der Waals surface area contributed by atoms with Gasteiger partial charge >= 0.3 is 0 Å². The van der Waals surface area contributed by atoms with Gasteiger partial charge in [-0.1, -0.05) is 12.1 Å². The molecule has 1 aromatic carbocycles. The lowest BCUT2D eigenvalue weighted by molar-refractivity contribution is 0.102. The zero-order chi connectivity index (χ0) is 16.8. The minimum absolute atomic E-state index is 0. The number of benzene rings is 1. The van der Waals surface area contributed by atoms with Gasteiger partial charge in [0.05, 0.1) is 0 Å². The molecule has 1 fully saturated rings. The second-order valence-corrected chi connectivity index (χ2v) is 7.85. The predicted molar refractivity (Wildman–Crippen MR) is 116 cm³/mol. The summed E-state index contributed by atoms with van der Waals surface area (Å²) in [6, 6.07) is 8.08. The molecule has 26 heavy (non-hydrogen) atoms. The predicted octanol–water partition coefficient (Wildman–Crippen LogP) is 3.29. The number of amides is 1. The molecule has 9 heteroatoms. The molecule has 0 aliphatic carbocycles. The van der Waals surface area contributed by atoms with E-state index in [1.165, 1.54) is 41.5 Å². The van der Waals surface area contributed by atoms with E-state index in [9.17, 15) is 4.79 Å². The molecule has 0 atom stereocenters. The third-order valence-corrected chi connectivity index (χ3v) is 5.80. The molecule has 2 heterocycles. The summed E-state index contributed by atoms with van der Waals surface area (Å²) in [5, 5.41) is 5.39. The summed E-state index contributed by atoms with van der Waals surface area (Å²) in [5.41, 5.74) is 8.04. The maximum atomic E-state index is 12.1. The number of aromatic nitrogens is 1. The smallest absolute Gasteiger partial charge is 0.275 e. The van der Waals surface area contributed by atoms with Crippen LogP contribution in [0.2, 0.25) is 0 Å². The van der Waals surface area contributed by atoms with Gasteiger partial charge in [-0.25, -0.2) is 4.98 Å². The SMILES string of the molecule is Cl.Cl.NCc1nc(C(=O)Nc2ccc(CCN3CCSCC3)cc2)cs1. The Morgan fingerprint density at radius 1 is 1.19 bits per heavy atom. The molecule has 144 valence electrons. The van der Waals surface area contributed by atoms with Gasteiger partial charge in [-0.15, -0.1) is 36.2 Å². The number of thioether (sulfide) groups is 1. The summed E-state index contributed by atoms with van der Waals surface area (Å²) in [6.45, 7) is 3.85. The number of nitrogens with zero attached hydrogens (tertiary/aromatic N) is 2. The summed E-state index contributed by atoms with van der Waals surface area (Å²) in [5.74, 6) is 2.30. The number of thiazole rings is 1. The third-order valence-electron chi connectivity index (χ3n) is 3.99. The minimum Gasteiger partial charge on any atom is -0.325 e. The van der Waals surface area contributed by atoms with Crippen LogP contribution in [0.1, 0.15) is 21.1 Å². The van der Waals surface area contributed by atoms with E-state index in [2.05, 4.69) is 27.3 Å². The van der Waals surface area contributed by atoms with Crippen molar-refractivity contribution in [3.8, 4) is 0 Å². The highest BCUT2D eigenvalue weighted by molar-refractivity contribution is 7.99. The highest BCUT2D eigenvalue weighted by atomic mass is 35.5. The van der Waals surface area contributed by atoms with Crippen LogP contribution in [0.25, 0.3) is 0 Å². The van der Waals surface area contributed by atoms with Crippen molar-refractivity contribution in [3.63, 3.8) is 0 Å². The molecule has 3 N–H and O–H groups in total. The number of hydrogen-bond acceptors (Lipinski definition) is 6. The second kappa shape index (κ2) is 11.8. The molecule has 3 rings (SSSR count). The monoisotopic (exact) mass is 434 g/mol. The van der Waals surface area contributed by atoms with Gasteiger partial charge in [0, 0.05) is 48.8 Å². The number of nitrogens with two attached hydrogens (primary N) is 1. The van der Waals surface area contributed by atoms with E-state index < -0.39 is 0 Å². The molecule has 0 unspecified atom stereocenters. The minimum atomic E-state index is -0.190. The molecule has 0 saturated carbocycles. The topological polar surface area (TPSA) is 71.2 Å². The van der Waals surface area contributed by atoms with Crippen LogP contribution in [0.15, 0.2) is 29.6 Å². The lowest BCUT2D eigenvalue weighted by Crippen LogP contribution is -2.34. The fourth-order valence-electron chi connectivity index (χ4n) is 2.57. The molecule has 1 saturated heterocycles. The number of anilines is 1. The van der Waals surface area contributed by atoms with Crippen molar-refractivity contribution in [3.05, 3.63) is 45.9 Å². The first kappa shape index (κ1) is 23.2. The van der Waals surface area contributed by atoms with E-state index in [1.807, 2.05) is 23.9 Å². The number of carbonyl (C=O) groups excluding carboxylic acids is 1. The van der Waals surface area contributed by atoms with Crippen LogP contribution in [0.4, 0.5) is 5.69 Å². The number of rotatable bonds is 6. The number of halogens is 2. The maximum Gasteiger partial charge on any atom is 0.275 e. The van der Waals surface area contributed by atoms with Gasteiger partial charge in [0.25, 0.3) is 5.91 Å². The molecule has 0 radical (unpaired) electrons. The first-order chi connectivity index (χ1) is 11.7. The zero-order valence-electron chi connectivity index (χ0n) is 14.3. The van der Waals surface area contributed by atoms with E-state index in [4.69, 9.17) is 5.73 Å². The summed E-state index contributed by atoms with van der Waals surface area (Å²) in [6.07, 6.45) is 1.05. The molecule has 5 nitrogen and oxygen atoms in total. The van der Waals surface area contributed by atoms with Gasteiger partial charge in [0.2, 0.25) is 0 Å². The zero-order valence-corrected chi connectivity index (χ0v) is 17.6. The van der Waals surface area contributed by atoms with E-state index in [1.54, 1.807) is 5.38 Å². The third kappa shape index (κ3) is 6.72. The lowest BCUT2D eigenvalue weighted by Gasteiger charge is -2.26. The van der Waals surface area contributed by atoms with Crippen molar-refractivity contribution in [2.45, 2.75) is 13.0 Å². The van der Waals surface area contributed by atoms with Gasteiger partial charge in [-0.3, -0.25) is 4.79 Å². The Kier molecular flexibility index (Phi) is 10.5. The summed E-state index contributed by atoms with van der Waals surface area (Å²) >= 11 is 3.44. The van der Waals surface area contributed by atoms with E-state index in [0.29, 0.717) is 12.2 Å². The second-order valence-electron chi connectivity index (χ2n) is 5.69. The molecule has 1 aliphatic heterocycles. The summed E-state index contributed by atoms with van der Waals surface area (Å²) in [7, 11) is 0. The highest BCUT2D eigenvalue weighted by Gasteiger charge is 2.11. The van der Waals surface area contributed by atoms with Crippen molar-refractivity contribution in [1.82, 2.24) is 9.88 Å². The highest BCUT2D eigenvalue weighted by Crippen LogP contribution is 2.15. The summed E-state index contributed by atoms with van der Waals surface area (Å²) < 4.78 is 0. The van der Waals surface area contributed by atoms with Gasteiger partial charge < -0.3 is 16.0 Å². The fraction of sp³-hybridized carbons (Fsp3) is 0.412. The van der Waals surface area contributed by atoms with E-state index in [0.717, 1.165) is 23.7 Å². The Hall–Kier alpha value is -0.830. The molecule has 1 aromatic heterocycles. The standard InChI is InChI=1S/C17H22N4OS2.2ClH/c18-11-16-20-15(12-24-16)17(22)19-14-3-1-13(2-4-14)5-6-21-7-9-23-10-8-21;;/h1-4,12H,5-11,18H2,(H,19,22);2*1H. The molecular weight excluding hydrogens is 411 g/mol. The van der Waals surface area contributed by atoms with E-state index in [-0.39, 0.29) is 30.7 Å². The van der Waals surface area contributed by atoms with Crippen LogP contribution in [0.3, 0.4) is 0 Å². The van der Waals surface area contributed by atoms with Gasteiger partial charge in [-0.2, -0.15) is 11.8 Å². The molecule has 2 aromatic rings.